The minimum absolute atomic E-state index is 0.355. The van der Waals surface area contributed by atoms with Crippen LogP contribution in [0.4, 0.5) is 0 Å². The first kappa shape index (κ1) is 12.1. The molecule has 0 bridgehead atoms. The van der Waals surface area contributed by atoms with Gasteiger partial charge >= 0.3 is 0 Å². The number of hydrogen-bond acceptors (Lipinski definition) is 3. The second kappa shape index (κ2) is 5.81. The number of benzene rings is 1. The van der Waals surface area contributed by atoms with Crippen molar-refractivity contribution in [2.75, 3.05) is 7.11 Å². The predicted octanol–water partition coefficient (Wildman–Crippen LogP) is 2.22. The van der Waals surface area contributed by atoms with Crippen LogP contribution >= 0.6 is 0 Å². The van der Waals surface area contributed by atoms with E-state index in [1.54, 1.807) is 7.11 Å². The van der Waals surface area contributed by atoms with Crippen molar-refractivity contribution < 1.29 is 4.74 Å². The normalized spacial score (nSPS) is 23.5. The molecule has 2 rings (SSSR count). The molecule has 0 aromatic heterocycles. The lowest BCUT2D eigenvalue weighted by molar-refractivity contribution is 0.0847. The van der Waals surface area contributed by atoms with Crippen LogP contribution in [0.2, 0.25) is 0 Å². The van der Waals surface area contributed by atoms with E-state index in [1.165, 1.54) is 18.4 Å². The molecule has 0 saturated heterocycles. The van der Waals surface area contributed by atoms with Gasteiger partial charge in [0.1, 0.15) is 0 Å². The molecule has 0 heterocycles. The number of hydrogen-bond donors (Lipinski definition) is 1. The van der Waals surface area contributed by atoms with E-state index in [4.69, 9.17) is 10.00 Å². The van der Waals surface area contributed by atoms with Gasteiger partial charge in [-0.2, -0.15) is 5.26 Å². The minimum Gasteiger partial charge on any atom is -0.380 e. The Morgan fingerprint density at radius 1 is 1.35 bits per heavy atom. The molecule has 1 aliphatic carbocycles. The molecule has 3 heteroatoms. The van der Waals surface area contributed by atoms with Crippen molar-refractivity contribution in [1.82, 2.24) is 5.32 Å². The summed E-state index contributed by atoms with van der Waals surface area (Å²) in [6, 6.07) is 10.3. The summed E-state index contributed by atoms with van der Waals surface area (Å²) < 4.78 is 5.44. The molecule has 0 aliphatic heterocycles. The van der Waals surface area contributed by atoms with Crippen LogP contribution in [0.3, 0.4) is 0 Å². The van der Waals surface area contributed by atoms with E-state index in [0.29, 0.717) is 17.7 Å². The maximum absolute atomic E-state index is 8.72. The first-order chi connectivity index (χ1) is 8.33. The Morgan fingerprint density at radius 3 is 2.76 bits per heavy atom. The summed E-state index contributed by atoms with van der Waals surface area (Å²) in [5, 5.41) is 12.2. The SMILES string of the molecule is COC1CCCC1NCc1ccc(C#N)cc1. The van der Waals surface area contributed by atoms with Gasteiger partial charge in [0.05, 0.1) is 17.7 Å². The summed E-state index contributed by atoms with van der Waals surface area (Å²) in [6.45, 7) is 0.843. The Bertz CT molecular complexity index is 394. The van der Waals surface area contributed by atoms with Crippen molar-refractivity contribution in [3.8, 4) is 6.07 Å². The lowest BCUT2D eigenvalue weighted by Crippen LogP contribution is -2.36. The molecule has 0 spiro atoms. The number of rotatable bonds is 4. The molecule has 1 fully saturated rings. The number of nitriles is 1. The van der Waals surface area contributed by atoms with Gasteiger partial charge in [-0.15, -0.1) is 0 Å². The molecule has 2 atom stereocenters. The van der Waals surface area contributed by atoms with Crippen LogP contribution in [-0.2, 0) is 11.3 Å². The smallest absolute Gasteiger partial charge is 0.0991 e. The van der Waals surface area contributed by atoms with Crippen LogP contribution in [0.5, 0.6) is 0 Å². The summed E-state index contributed by atoms with van der Waals surface area (Å²) in [5.41, 5.74) is 1.93. The molecule has 0 radical (unpaired) electrons. The number of nitrogens with one attached hydrogen (secondary N) is 1. The highest BCUT2D eigenvalue weighted by Crippen LogP contribution is 2.21. The fraction of sp³-hybridized carbons (Fsp3) is 0.500. The lowest BCUT2D eigenvalue weighted by Gasteiger charge is -2.19. The van der Waals surface area contributed by atoms with Crippen LogP contribution in [0.1, 0.15) is 30.4 Å². The molecule has 90 valence electrons. The van der Waals surface area contributed by atoms with E-state index < -0.39 is 0 Å². The van der Waals surface area contributed by atoms with Gasteiger partial charge in [-0.25, -0.2) is 0 Å². The van der Waals surface area contributed by atoms with Crippen LogP contribution in [0.15, 0.2) is 24.3 Å². The van der Waals surface area contributed by atoms with E-state index in [-0.39, 0.29) is 0 Å². The maximum Gasteiger partial charge on any atom is 0.0991 e. The Morgan fingerprint density at radius 2 is 2.12 bits per heavy atom. The van der Waals surface area contributed by atoms with Gasteiger partial charge < -0.3 is 10.1 Å². The van der Waals surface area contributed by atoms with Crippen molar-refractivity contribution in [1.29, 1.82) is 5.26 Å². The van der Waals surface area contributed by atoms with Gasteiger partial charge in [-0.1, -0.05) is 12.1 Å². The zero-order valence-electron chi connectivity index (χ0n) is 10.1. The zero-order chi connectivity index (χ0) is 12.1. The van der Waals surface area contributed by atoms with Gasteiger partial charge in [0.2, 0.25) is 0 Å². The first-order valence-corrected chi connectivity index (χ1v) is 6.08. The Labute approximate surface area is 102 Å². The predicted molar refractivity (Wildman–Crippen MR) is 66.4 cm³/mol. The number of ether oxygens (including phenoxy) is 1. The average Bonchev–Trinajstić information content (AvgIpc) is 2.84. The molecular formula is C14H18N2O. The minimum atomic E-state index is 0.355. The molecule has 1 aromatic carbocycles. The summed E-state index contributed by atoms with van der Waals surface area (Å²) >= 11 is 0. The van der Waals surface area contributed by atoms with Gasteiger partial charge in [-0.05, 0) is 37.0 Å². The summed E-state index contributed by atoms with van der Waals surface area (Å²) in [6.07, 6.45) is 3.94. The Balaban J connectivity index is 1.87. The third-order valence-electron chi connectivity index (χ3n) is 3.41. The van der Waals surface area contributed by atoms with Gasteiger partial charge in [0, 0.05) is 19.7 Å². The summed E-state index contributed by atoms with van der Waals surface area (Å²) in [5.74, 6) is 0. The van der Waals surface area contributed by atoms with E-state index in [9.17, 15) is 0 Å². The first-order valence-electron chi connectivity index (χ1n) is 6.08. The molecule has 1 aliphatic rings. The number of methoxy groups -OCH3 is 1. The molecule has 17 heavy (non-hydrogen) atoms. The van der Waals surface area contributed by atoms with E-state index in [0.717, 1.165) is 13.0 Å². The van der Waals surface area contributed by atoms with Crippen molar-refractivity contribution >= 4 is 0 Å². The average molecular weight is 230 g/mol. The highest BCUT2D eigenvalue weighted by molar-refractivity contribution is 5.31. The standard InChI is InChI=1S/C14H18N2O/c1-17-14-4-2-3-13(14)16-10-12-7-5-11(9-15)6-8-12/h5-8,13-14,16H,2-4,10H2,1H3. The van der Waals surface area contributed by atoms with Crippen molar-refractivity contribution in [3.05, 3.63) is 35.4 Å². The van der Waals surface area contributed by atoms with Gasteiger partial charge in [0.25, 0.3) is 0 Å². The quantitative estimate of drug-likeness (QED) is 0.862. The molecule has 2 unspecified atom stereocenters. The molecule has 1 saturated carbocycles. The molecule has 1 aromatic rings. The fourth-order valence-electron chi connectivity index (χ4n) is 2.39. The zero-order valence-corrected chi connectivity index (χ0v) is 10.1. The Hall–Kier alpha value is -1.37. The van der Waals surface area contributed by atoms with Crippen LogP contribution in [-0.4, -0.2) is 19.3 Å². The van der Waals surface area contributed by atoms with Crippen molar-refractivity contribution in [2.45, 2.75) is 38.0 Å². The Kier molecular flexibility index (Phi) is 4.13. The van der Waals surface area contributed by atoms with Crippen LogP contribution in [0, 0.1) is 11.3 Å². The van der Waals surface area contributed by atoms with Gasteiger partial charge in [-0.3, -0.25) is 0 Å². The third kappa shape index (κ3) is 3.06. The van der Waals surface area contributed by atoms with Crippen molar-refractivity contribution in [3.63, 3.8) is 0 Å². The second-order valence-corrected chi connectivity index (χ2v) is 4.50. The number of nitrogens with zero attached hydrogens (tertiary/aromatic N) is 1. The molecular weight excluding hydrogens is 212 g/mol. The topological polar surface area (TPSA) is 45.0 Å². The molecule has 3 nitrogen and oxygen atoms in total. The molecule has 0 amide bonds. The largest absolute Gasteiger partial charge is 0.380 e. The summed E-state index contributed by atoms with van der Waals surface area (Å²) in [7, 11) is 1.78. The summed E-state index contributed by atoms with van der Waals surface area (Å²) in [4.78, 5) is 0. The lowest BCUT2D eigenvalue weighted by atomic mass is 10.1. The maximum atomic E-state index is 8.72. The van der Waals surface area contributed by atoms with Crippen LogP contribution in [0.25, 0.3) is 0 Å². The van der Waals surface area contributed by atoms with E-state index in [2.05, 4.69) is 11.4 Å². The second-order valence-electron chi connectivity index (χ2n) is 4.50. The van der Waals surface area contributed by atoms with Gasteiger partial charge in [0.15, 0.2) is 0 Å². The van der Waals surface area contributed by atoms with Crippen LogP contribution < -0.4 is 5.32 Å². The highest BCUT2D eigenvalue weighted by atomic mass is 16.5. The highest BCUT2D eigenvalue weighted by Gasteiger charge is 2.26. The third-order valence-corrected chi connectivity index (χ3v) is 3.41. The fourth-order valence-corrected chi connectivity index (χ4v) is 2.39. The molecule has 1 N–H and O–H groups in total. The van der Waals surface area contributed by atoms with E-state index in [1.807, 2.05) is 24.3 Å². The van der Waals surface area contributed by atoms with Crippen molar-refractivity contribution in [2.24, 2.45) is 0 Å². The monoisotopic (exact) mass is 230 g/mol. The van der Waals surface area contributed by atoms with E-state index >= 15 is 0 Å².